The molecule has 2 N–H and O–H groups in total. The predicted octanol–water partition coefficient (Wildman–Crippen LogP) is 7.86. The van der Waals surface area contributed by atoms with Crippen molar-refractivity contribution in [3.63, 3.8) is 0 Å². The Morgan fingerprint density at radius 3 is 1.10 bits per heavy atom. The van der Waals surface area contributed by atoms with Gasteiger partial charge in [-0.3, -0.25) is 19.2 Å². The van der Waals surface area contributed by atoms with Crippen LogP contribution in [0.3, 0.4) is 0 Å². The first kappa shape index (κ1) is 46.3. The molecule has 0 saturated heterocycles. The Balaban J connectivity index is 3.93. The van der Waals surface area contributed by atoms with Gasteiger partial charge in [0.05, 0.1) is 31.8 Å². The van der Waals surface area contributed by atoms with Crippen LogP contribution in [0.2, 0.25) is 0 Å². The number of carbonyl (C=O) groups is 4. The van der Waals surface area contributed by atoms with Crippen molar-refractivity contribution in [1.29, 1.82) is 0 Å². The monoisotopic (exact) mass is 696 g/mol. The van der Waals surface area contributed by atoms with Gasteiger partial charge in [0.1, 0.15) is 13.2 Å². The first-order valence-electron chi connectivity index (χ1n) is 19.0. The van der Waals surface area contributed by atoms with Crippen LogP contribution < -0.4 is 0 Å². The molecule has 0 aromatic rings. The lowest BCUT2D eigenvalue weighted by molar-refractivity contribution is -0.159. The van der Waals surface area contributed by atoms with Gasteiger partial charge >= 0.3 is 23.9 Å². The molecule has 49 heavy (non-hydrogen) atoms. The minimum absolute atomic E-state index is 0.177. The van der Waals surface area contributed by atoms with E-state index in [0.717, 1.165) is 51.4 Å². The molecule has 0 saturated carbocycles. The highest BCUT2D eigenvalue weighted by Gasteiger charge is 2.33. The van der Waals surface area contributed by atoms with Gasteiger partial charge in [-0.2, -0.15) is 0 Å². The number of rotatable bonds is 34. The van der Waals surface area contributed by atoms with Gasteiger partial charge in [-0.25, -0.2) is 0 Å². The van der Waals surface area contributed by atoms with E-state index >= 15 is 0 Å². The average Bonchev–Trinajstić information content (AvgIpc) is 3.10. The second-order valence-corrected chi connectivity index (χ2v) is 12.9. The molecule has 0 bridgehead atoms. The van der Waals surface area contributed by atoms with Crippen LogP contribution in [0.4, 0.5) is 0 Å². The lowest BCUT2D eigenvalue weighted by atomic mass is 9.92. The van der Waals surface area contributed by atoms with Gasteiger partial charge in [0.2, 0.25) is 0 Å². The molecule has 0 aromatic heterocycles. The van der Waals surface area contributed by atoms with E-state index in [1.54, 1.807) is 0 Å². The van der Waals surface area contributed by atoms with Crippen molar-refractivity contribution in [3.8, 4) is 0 Å². The molecular formula is C39H68O10. The summed E-state index contributed by atoms with van der Waals surface area (Å²) in [4.78, 5) is 48.2. The van der Waals surface area contributed by atoms with Gasteiger partial charge in [-0.05, 0) is 64.2 Å². The zero-order valence-electron chi connectivity index (χ0n) is 30.8. The van der Waals surface area contributed by atoms with Crippen molar-refractivity contribution in [2.45, 2.75) is 155 Å². The number of hydrogen-bond donors (Lipinski definition) is 2. The van der Waals surface area contributed by atoms with Crippen LogP contribution in [0, 0.1) is 5.41 Å². The van der Waals surface area contributed by atoms with E-state index in [1.165, 1.54) is 38.5 Å². The molecule has 0 aromatic carbocycles. The summed E-state index contributed by atoms with van der Waals surface area (Å²) in [6.45, 7) is 3.59. The van der Waals surface area contributed by atoms with Gasteiger partial charge in [-0.15, -0.1) is 0 Å². The van der Waals surface area contributed by atoms with Gasteiger partial charge < -0.3 is 29.2 Å². The molecular weight excluding hydrogens is 628 g/mol. The normalized spacial score (nSPS) is 11.7. The fourth-order valence-corrected chi connectivity index (χ4v) is 4.79. The van der Waals surface area contributed by atoms with Crippen molar-refractivity contribution in [2.75, 3.05) is 39.6 Å². The molecule has 0 amide bonds. The summed E-state index contributed by atoms with van der Waals surface area (Å²) >= 11 is 0. The number of hydrogen-bond acceptors (Lipinski definition) is 10. The Kier molecular flexibility index (Phi) is 31.9. The minimum Gasteiger partial charge on any atom is -0.465 e. The SMILES string of the molecule is CCCCC/C=C\CCOC(=O)CCCCCCC(=O)OCC(CO)(CO)COC(=O)CCCCCCC(=O)OCC/C=C\CCCCC. The van der Waals surface area contributed by atoms with E-state index in [2.05, 4.69) is 38.2 Å². The van der Waals surface area contributed by atoms with Crippen LogP contribution in [-0.4, -0.2) is 73.7 Å². The Bertz CT molecular complexity index is 826. The van der Waals surface area contributed by atoms with Crippen LogP contribution in [0.15, 0.2) is 24.3 Å². The van der Waals surface area contributed by atoms with Crippen LogP contribution >= 0.6 is 0 Å². The summed E-state index contributed by atoms with van der Waals surface area (Å²) < 4.78 is 21.1. The molecule has 0 spiro atoms. The Hall–Kier alpha value is -2.72. The summed E-state index contributed by atoms with van der Waals surface area (Å²) in [6.07, 6.45) is 26.0. The summed E-state index contributed by atoms with van der Waals surface area (Å²) in [6, 6.07) is 0. The van der Waals surface area contributed by atoms with E-state index < -0.39 is 30.6 Å². The van der Waals surface area contributed by atoms with Crippen LogP contribution in [0.1, 0.15) is 155 Å². The highest BCUT2D eigenvalue weighted by molar-refractivity contribution is 5.70. The summed E-state index contributed by atoms with van der Waals surface area (Å²) in [5.74, 6) is -1.33. The molecule has 0 radical (unpaired) electrons. The third-order valence-electron chi connectivity index (χ3n) is 8.15. The second-order valence-electron chi connectivity index (χ2n) is 12.9. The fourth-order valence-electron chi connectivity index (χ4n) is 4.79. The molecule has 0 aliphatic carbocycles. The highest BCUT2D eigenvalue weighted by Crippen LogP contribution is 2.19. The van der Waals surface area contributed by atoms with Gasteiger partial charge in [-0.1, -0.05) is 89.5 Å². The third-order valence-corrected chi connectivity index (χ3v) is 8.15. The lowest BCUT2D eigenvalue weighted by Crippen LogP contribution is -2.41. The van der Waals surface area contributed by atoms with Crippen molar-refractivity contribution >= 4 is 23.9 Å². The van der Waals surface area contributed by atoms with Crippen molar-refractivity contribution in [2.24, 2.45) is 5.41 Å². The molecule has 10 nitrogen and oxygen atoms in total. The Labute approximate surface area is 296 Å². The van der Waals surface area contributed by atoms with E-state index in [4.69, 9.17) is 18.9 Å². The maximum atomic E-state index is 12.2. The number of unbranched alkanes of at least 4 members (excludes halogenated alkanes) is 12. The standard InChI is InChI=1S/C39H68O10/c1-3-5-7-9-11-17-23-29-46-35(42)25-19-13-15-21-27-37(44)48-33-39(31-40,32-41)34-49-38(45)28-22-16-14-20-26-36(43)47-30-24-18-12-10-8-6-4-2/h11-12,17-18,40-41H,3-10,13-16,19-34H2,1-2H3/b17-11-,18-12-. The first-order valence-corrected chi connectivity index (χ1v) is 19.0. The number of esters is 4. The van der Waals surface area contributed by atoms with Crippen LogP contribution in [0.5, 0.6) is 0 Å². The van der Waals surface area contributed by atoms with E-state index in [1.807, 2.05) is 0 Å². The van der Waals surface area contributed by atoms with Crippen molar-refractivity contribution in [1.82, 2.24) is 0 Å². The summed E-state index contributed by atoms with van der Waals surface area (Å²) in [7, 11) is 0. The smallest absolute Gasteiger partial charge is 0.305 e. The molecule has 0 rings (SSSR count). The molecule has 0 atom stereocenters. The van der Waals surface area contributed by atoms with Crippen molar-refractivity contribution in [3.05, 3.63) is 24.3 Å². The topological polar surface area (TPSA) is 146 Å². The Morgan fingerprint density at radius 2 is 0.776 bits per heavy atom. The first-order chi connectivity index (χ1) is 23.8. The average molecular weight is 697 g/mol. The number of ether oxygens (including phenoxy) is 4. The van der Waals surface area contributed by atoms with E-state index in [-0.39, 0.29) is 38.0 Å². The quantitative estimate of drug-likeness (QED) is 0.0295. The van der Waals surface area contributed by atoms with E-state index in [0.29, 0.717) is 51.7 Å². The predicted molar refractivity (Wildman–Crippen MR) is 192 cm³/mol. The van der Waals surface area contributed by atoms with Crippen molar-refractivity contribution < 1.29 is 48.3 Å². The fraction of sp³-hybridized carbons (Fsp3) is 0.795. The zero-order chi connectivity index (χ0) is 36.3. The maximum absolute atomic E-state index is 12.2. The van der Waals surface area contributed by atoms with Gasteiger partial charge in [0, 0.05) is 25.7 Å². The van der Waals surface area contributed by atoms with Gasteiger partial charge in [0.15, 0.2) is 0 Å². The third kappa shape index (κ3) is 29.9. The Morgan fingerprint density at radius 1 is 0.449 bits per heavy atom. The maximum Gasteiger partial charge on any atom is 0.305 e. The molecule has 10 heteroatoms. The van der Waals surface area contributed by atoms with Crippen LogP contribution in [0.25, 0.3) is 0 Å². The van der Waals surface area contributed by atoms with E-state index in [9.17, 15) is 29.4 Å². The number of carbonyl (C=O) groups excluding carboxylic acids is 4. The van der Waals surface area contributed by atoms with Gasteiger partial charge in [0.25, 0.3) is 0 Å². The molecule has 0 unspecified atom stereocenters. The number of aliphatic hydroxyl groups excluding tert-OH is 2. The molecule has 0 aliphatic heterocycles. The molecule has 0 aliphatic rings. The summed E-state index contributed by atoms with van der Waals surface area (Å²) in [5.41, 5.74) is -1.28. The molecule has 0 fully saturated rings. The second kappa shape index (κ2) is 33.8. The lowest BCUT2D eigenvalue weighted by Gasteiger charge is -2.28. The molecule has 0 heterocycles. The van der Waals surface area contributed by atoms with Crippen LogP contribution in [-0.2, 0) is 38.1 Å². The summed E-state index contributed by atoms with van der Waals surface area (Å²) in [5, 5.41) is 19.7. The highest BCUT2D eigenvalue weighted by atomic mass is 16.6. The molecule has 284 valence electrons. The number of allylic oxidation sites excluding steroid dienone is 2. The zero-order valence-corrected chi connectivity index (χ0v) is 30.8. The minimum atomic E-state index is -1.28. The largest absolute Gasteiger partial charge is 0.465 e. The number of aliphatic hydroxyl groups is 2.